The Morgan fingerprint density at radius 1 is 1.22 bits per heavy atom. The van der Waals surface area contributed by atoms with Crippen LogP contribution in [0.25, 0.3) is 0 Å². The highest BCUT2D eigenvalue weighted by molar-refractivity contribution is 7.09. The van der Waals surface area contributed by atoms with Crippen LogP contribution < -0.4 is 5.32 Å². The van der Waals surface area contributed by atoms with Crippen molar-refractivity contribution in [1.82, 2.24) is 20.1 Å². The number of nitrogens with zero attached hydrogens (tertiary/aromatic N) is 3. The van der Waals surface area contributed by atoms with Gasteiger partial charge in [-0.05, 0) is 44.5 Å². The number of carbonyl (C=O) groups is 2. The van der Waals surface area contributed by atoms with Gasteiger partial charge >= 0.3 is 0 Å². The minimum atomic E-state index is -0.0262. The largest absolute Gasteiger partial charge is 0.351 e. The molecule has 0 aliphatic carbocycles. The van der Waals surface area contributed by atoms with E-state index in [1.807, 2.05) is 53.4 Å². The van der Waals surface area contributed by atoms with Crippen molar-refractivity contribution in [3.05, 3.63) is 51.5 Å². The third kappa shape index (κ3) is 5.61. The van der Waals surface area contributed by atoms with Crippen LogP contribution in [-0.4, -0.2) is 53.3 Å². The molecule has 1 saturated heterocycles. The van der Waals surface area contributed by atoms with Gasteiger partial charge in [0, 0.05) is 37.1 Å². The number of nitrogens with one attached hydrogen (secondary N) is 1. The molecule has 0 saturated carbocycles. The number of thiazole rings is 1. The highest BCUT2D eigenvalue weighted by Crippen LogP contribution is 2.14. The molecule has 1 aliphatic heterocycles. The van der Waals surface area contributed by atoms with Crippen LogP contribution in [0.1, 0.15) is 39.5 Å². The van der Waals surface area contributed by atoms with Crippen LogP contribution >= 0.6 is 11.3 Å². The Labute approximate surface area is 164 Å². The Hall–Kier alpha value is -2.25. The van der Waals surface area contributed by atoms with Crippen LogP contribution in [0.2, 0.25) is 0 Å². The Balaban J connectivity index is 1.43. The fraction of sp³-hybridized carbons (Fsp3) is 0.450. The van der Waals surface area contributed by atoms with Crippen LogP contribution in [0.4, 0.5) is 0 Å². The average Bonchev–Trinajstić information content (AvgIpc) is 3.32. The van der Waals surface area contributed by atoms with Crippen LogP contribution in [0.15, 0.2) is 29.6 Å². The van der Waals surface area contributed by atoms with Crippen LogP contribution in [0.3, 0.4) is 0 Å². The van der Waals surface area contributed by atoms with Gasteiger partial charge in [0.25, 0.3) is 5.91 Å². The fourth-order valence-electron chi connectivity index (χ4n) is 3.18. The maximum absolute atomic E-state index is 12.3. The maximum atomic E-state index is 12.3. The molecule has 0 radical (unpaired) electrons. The number of carbonyl (C=O) groups excluding carboxylic acids is 2. The Kier molecular flexibility index (Phi) is 6.58. The molecule has 27 heavy (non-hydrogen) atoms. The summed E-state index contributed by atoms with van der Waals surface area (Å²) >= 11 is 1.62. The number of aromatic nitrogens is 1. The second-order valence-electron chi connectivity index (χ2n) is 7.00. The summed E-state index contributed by atoms with van der Waals surface area (Å²) in [6, 6.07) is 7.51. The van der Waals surface area contributed by atoms with E-state index in [-0.39, 0.29) is 11.8 Å². The van der Waals surface area contributed by atoms with E-state index in [0.29, 0.717) is 25.2 Å². The van der Waals surface area contributed by atoms with Crippen molar-refractivity contribution in [3.8, 4) is 0 Å². The van der Waals surface area contributed by atoms with Gasteiger partial charge in [-0.1, -0.05) is 12.1 Å². The summed E-state index contributed by atoms with van der Waals surface area (Å²) in [5, 5.41) is 5.99. The monoisotopic (exact) mass is 386 g/mol. The van der Waals surface area contributed by atoms with E-state index >= 15 is 0 Å². The van der Waals surface area contributed by atoms with Gasteiger partial charge < -0.3 is 10.2 Å². The molecule has 0 bridgehead atoms. The first kappa shape index (κ1) is 19.5. The zero-order valence-corrected chi connectivity index (χ0v) is 16.7. The predicted octanol–water partition coefficient (Wildman–Crippen LogP) is 2.44. The van der Waals surface area contributed by atoms with Crippen molar-refractivity contribution in [3.63, 3.8) is 0 Å². The van der Waals surface area contributed by atoms with Gasteiger partial charge in [-0.25, -0.2) is 4.98 Å². The quantitative estimate of drug-likeness (QED) is 0.794. The van der Waals surface area contributed by atoms with Gasteiger partial charge in [0.2, 0.25) is 5.91 Å². The number of likely N-dealkylation sites (N-methyl/N-ethyl adjacent to an activating group) is 1. The molecule has 1 aromatic carbocycles. The number of amides is 2. The summed E-state index contributed by atoms with van der Waals surface area (Å²) in [5.41, 5.74) is 2.69. The molecular weight excluding hydrogens is 360 g/mol. The standard InChI is InChI=1S/C20H26N4O2S/c1-15-22-18(14-27-15)12-23(2)13-19(25)21-11-16-5-7-17(8-6-16)20(26)24-9-3-4-10-24/h5-8,14H,3-4,9-13H2,1-2H3,(H,21,25). The minimum Gasteiger partial charge on any atom is -0.351 e. The lowest BCUT2D eigenvalue weighted by Crippen LogP contribution is -2.34. The van der Waals surface area contributed by atoms with E-state index in [2.05, 4.69) is 10.3 Å². The first-order valence-corrected chi connectivity index (χ1v) is 10.1. The number of benzene rings is 1. The van der Waals surface area contributed by atoms with Crippen molar-refractivity contribution >= 4 is 23.2 Å². The van der Waals surface area contributed by atoms with Crippen LogP contribution in [0.5, 0.6) is 0 Å². The molecule has 7 heteroatoms. The summed E-state index contributed by atoms with van der Waals surface area (Å²) in [6.07, 6.45) is 2.18. The smallest absolute Gasteiger partial charge is 0.253 e. The average molecular weight is 387 g/mol. The summed E-state index contributed by atoms with van der Waals surface area (Å²) in [5.74, 6) is 0.0728. The van der Waals surface area contributed by atoms with Gasteiger partial charge in [-0.2, -0.15) is 0 Å². The number of aryl methyl sites for hydroxylation is 1. The van der Waals surface area contributed by atoms with Crippen molar-refractivity contribution < 1.29 is 9.59 Å². The molecule has 0 atom stereocenters. The highest BCUT2D eigenvalue weighted by Gasteiger charge is 2.19. The van der Waals surface area contributed by atoms with Crippen LogP contribution in [0, 0.1) is 6.92 Å². The lowest BCUT2D eigenvalue weighted by Gasteiger charge is -2.16. The third-order valence-electron chi connectivity index (χ3n) is 4.60. The first-order valence-electron chi connectivity index (χ1n) is 9.26. The molecule has 2 aromatic rings. The van der Waals surface area contributed by atoms with Crippen molar-refractivity contribution in [2.75, 3.05) is 26.7 Å². The van der Waals surface area contributed by atoms with Gasteiger partial charge in [0.1, 0.15) is 0 Å². The minimum absolute atomic E-state index is 0.0262. The summed E-state index contributed by atoms with van der Waals surface area (Å²) in [6.45, 7) is 5.12. The molecule has 1 aromatic heterocycles. The zero-order chi connectivity index (χ0) is 19.2. The lowest BCUT2D eigenvalue weighted by molar-refractivity contribution is -0.122. The predicted molar refractivity (Wildman–Crippen MR) is 107 cm³/mol. The molecular formula is C20H26N4O2S. The molecule has 2 heterocycles. The Bertz CT molecular complexity index is 782. The van der Waals surface area contributed by atoms with E-state index in [4.69, 9.17) is 0 Å². The molecule has 1 aliphatic rings. The summed E-state index contributed by atoms with van der Waals surface area (Å²) < 4.78 is 0. The van der Waals surface area contributed by atoms with Gasteiger partial charge in [0.15, 0.2) is 0 Å². The van der Waals surface area contributed by atoms with Gasteiger partial charge in [-0.15, -0.1) is 11.3 Å². The normalized spacial score (nSPS) is 14.0. The second-order valence-corrected chi connectivity index (χ2v) is 8.07. The lowest BCUT2D eigenvalue weighted by atomic mass is 10.1. The van der Waals surface area contributed by atoms with E-state index in [9.17, 15) is 9.59 Å². The maximum Gasteiger partial charge on any atom is 0.253 e. The van der Waals surface area contributed by atoms with Gasteiger partial charge in [0.05, 0.1) is 17.2 Å². The van der Waals surface area contributed by atoms with Crippen molar-refractivity contribution in [2.24, 2.45) is 0 Å². The molecule has 2 amide bonds. The van der Waals surface area contributed by atoms with E-state index in [0.717, 1.165) is 42.2 Å². The molecule has 1 fully saturated rings. The Morgan fingerprint density at radius 2 is 1.93 bits per heavy atom. The molecule has 144 valence electrons. The molecule has 0 spiro atoms. The third-order valence-corrected chi connectivity index (χ3v) is 5.42. The second kappa shape index (κ2) is 9.10. The van der Waals surface area contributed by atoms with Crippen LogP contribution in [-0.2, 0) is 17.9 Å². The number of hydrogen-bond acceptors (Lipinski definition) is 5. The SMILES string of the molecule is Cc1nc(CN(C)CC(=O)NCc2ccc(C(=O)N3CCCC3)cc2)cs1. The molecule has 0 unspecified atom stereocenters. The summed E-state index contributed by atoms with van der Waals surface area (Å²) in [4.78, 5) is 32.7. The Morgan fingerprint density at radius 3 is 2.56 bits per heavy atom. The number of hydrogen-bond donors (Lipinski definition) is 1. The van der Waals surface area contributed by atoms with Crippen molar-refractivity contribution in [1.29, 1.82) is 0 Å². The van der Waals surface area contributed by atoms with Crippen molar-refractivity contribution in [2.45, 2.75) is 32.9 Å². The van der Waals surface area contributed by atoms with E-state index in [1.54, 1.807) is 11.3 Å². The van der Waals surface area contributed by atoms with E-state index in [1.165, 1.54) is 0 Å². The first-order chi connectivity index (χ1) is 13.0. The fourth-order valence-corrected chi connectivity index (χ4v) is 3.79. The topological polar surface area (TPSA) is 65.5 Å². The van der Waals surface area contributed by atoms with Gasteiger partial charge in [-0.3, -0.25) is 14.5 Å². The number of likely N-dealkylation sites (tertiary alicyclic amines) is 1. The number of rotatable bonds is 7. The zero-order valence-electron chi connectivity index (χ0n) is 15.9. The molecule has 1 N–H and O–H groups in total. The van der Waals surface area contributed by atoms with E-state index < -0.39 is 0 Å². The molecule has 6 nitrogen and oxygen atoms in total. The highest BCUT2D eigenvalue weighted by atomic mass is 32.1. The summed E-state index contributed by atoms with van der Waals surface area (Å²) in [7, 11) is 1.91. The molecule has 3 rings (SSSR count).